The van der Waals surface area contributed by atoms with E-state index < -0.39 is 0 Å². The maximum absolute atomic E-state index is 5.95. The number of piperidine rings is 1. The molecule has 0 aromatic rings. The molecule has 1 N–H and O–H groups in total. The summed E-state index contributed by atoms with van der Waals surface area (Å²) in [5, 5.41) is 3.31. The van der Waals surface area contributed by atoms with Gasteiger partial charge in [0.1, 0.15) is 0 Å². The van der Waals surface area contributed by atoms with E-state index in [-0.39, 0.29) is 0 Å². The van der Waals surface area contributed by atoms with Crippen LogP contribution in [0.1, 0.15) is 26.7 Å². The van der Waals surface area contributed by atoms with Crippen LogP contribution in [-0.4, -0.2) is 50.3 Å². The van der Waals surface area contributed by atoms with Crippen LogP contribution in [-0.2, 0) is 4.74 Å². The van der Waals surface area contributed by atoms with Crippen LogP contribution in [0.4, 0.5) is 0 Å². The Morgan fingerprint density at radius 1 is 1.43 bits per heavy atom. The first-order valence-electron chi connectivity index (χ1n) is 5.77. The van der Waals surface area contributed by atoms with Crippen molar-refractivity contribution in [2.75, 3.05) is 33.2 Å². The fourth-order valence-electron chi connectivity index (χ4n) is 1.85. The summed E-state index contributed by atoms with van der Waals surface area (Å²) in [6.45, 7) is 8.64. The van der Waals surface area contributed by atoms with Crippen molar-refractivity contribution in [1.29, 1.82) is 0 Å². The molecule has 0 saturated carbocycles. The molecule has 14 heavy (non-hydrogen) atoms. The third kappa shape index (κ3) is 4.40. The molecule has 1 rings (SSSR count). The molecule has 0 aromatic carbocycles. The highest BCUT2D eigenvalue weighted by atomic mass is 16.5. The van der Waals surface area contributed by atoms with E-state index in [1.807, 2.05) is 0 Å². The zero-order chi connectivity index (χ0) is 10.4. The third-order valence-corrected chi connectivity index (χ3v) is 2.77. The summed E-state index contributed by atoms with van der Waals surface area (Å²) in [6.07, 6.45) is 3.21. The van der Waals surface area contributed by atoms with Crippen LogP contribution < -0.4 is 5.32 Å². The van der Waals surface area contributed by atoms with Crippen LogP contribution in [0.25, 0.3) is 0 Å². The Morgan fingerprint density at radius 2 is 2.07 bits per heavy atom. The van der Waals surface area contributed by atoms with Crippen molar-refractivity contribution in [3.63, 3.8) is 0 Å². The maximum atomic E-state index is 5.95. The van der Waals surface area contributed by atoms with Crippen molar-refractivity contribution in [3.05, 3.63) is 0 Å². The zero-order valence-electron chi connectivity index (χ0n) is 9.75. The highest BCUT2D eigenvalue weighted by Crippen LogP contribution is 2.13. The molecule has 0 aromatic heterocycles. The predicted octanol–water partition coefficient (Wildman–Crippen LogP) is 1.10. The SMILES string of the molecule is CCNCC(C)OC1CCN(C)CC1. The van der Waals surface area contributed by atoms with Gasteiger partial charge in [-0.05, 0) is 33.4 Å². The van der Waals surface area contributed by atoms with Crippen LogP contribution in [0.2, 0.25) is 0 Å². The van der Waals surface area contributed by atoms with Gasteiger partial charge in [0, 0.05) is 19.6 Å². The monoisotopic (exact) mass is 200 g/mol. The van der Waals surface area contributed by atoms with Gasteiger partial charge in [-0.3, -0.25) is 0 Å². The van der Waals surface area contributed by atoms with Gasteiger partial charge in [-0.2, -0.15) is 0 Å². The smallest absolute Gasteiger partial charge is 0.0675 e. The second-order valence-electron chi connectivity index (χ2n) is 4.26. The van der Waals surface area contributed by atoms with E-state index in [1.54, 1.807) is 0 Å². The standard InChI is InChI=1S/C11H24N2O/c1-4-12-9-10(2)14-11-5-7-13(3)8-6-11/h10-12H,4-9H2,1-3H3. The van der Waals surface area contributed by atoms with Crippen LogP contribution >= 0.6 is 0 Å². The second-order valence-corrected chi connectivity index (χ2v) is 4.26. The Kier molecular flexibility index (Phi) is 5.45. The molecule has 0 amide bonds. The van der Waals surface area contributed by atoms with Crippen molar-refractivity contribution in [3.8, 4) is 0 Å². The summed E-state index contributed by atoms with van der Waals surface area (Å²) in [4.78, 5) is 2.37. The van der Waals surface area contributed by atoms with Gasteiger partial charge >= 0.3 is 0 Å². The molecule has 1 atom stereocenters. The fourth-order valence-corrected chi connectivity index (χ4v) is 1.85. The van der Waals surface area contributed by atoms with Gasteiger partial charge in [0.05, 0.1) is 12.2 Å². The highest BCUT2D eigenvalue weighted by Gasteiger charge is 2.18. The number of ether oxygens (including phenoxy) is 1. The summed E-state index contributed by atoms with van der Waals surface area (Å²) in [5.41, 5.74) is 0. The number of rotatable bonds is 5. The molecule has 3 heteroatoms. The lowest BCUT2D eigenvalue weighted by Gasteiger charge is -2.30. The summed E-state index contributed by atoms with van der Waals surface area (Å²) >= 11 is 0. The number of likely N-dealkylation sites (N-methyl/N-ethyl adjacent to an activating group) is 1. The number of nitrogens with zero attached hydrogens (tertiary/aromatic N) is 1. The molecule has 1 fully saturated rings. The minimum Gasteiger partial charge on any atom is -0.374 e. The van der Waals surface area contributed by atoms with Crippen molar-refractivity contribution in [2.24, 2.45) is 0 Å². The van der Waals surface area contributed by atoms with E-state index in [0.717, 1.165) is 13.1 Å². The van der Waals surface area contributed by atoms with E-state index in [9.17, 15) is 0 Å². The molecule has 0 radical (unpaired) electrons. The quantitative estimate of drug-likeness (QED) is 0.719. The highest BCUT2D eigenvalue weighted by molar-refractivity contribution is 4.71. The second kappa shape index (κ2) is 6.38. The zero-order valence-corrected chi connectivity index (χ0v) is 9.75. The Labute approximate surface area is 87.8 Å². The Balaban J connectivity index is 2.10. The van der Waals surface area contributed by atoms with E-state index in [0.29, 0.717) is 12.2 Å². The lowest BCUT2D eigenvalue weighted by Crippen LogP contribution is -2.37. The van der Waals surface area contributed by atoms with Crippen molar-refractivity contribution in [1.82, 2.24) is 10.2 Å². The Bertz CT molecular complexity index is 144. The van der Waals surface area contributed by atoms with Gasteiger partial charge in [-0.1, -0.05) is 6.92 Å². The molecule has 0 spiro atoms. The van der Waals surface area contributed by atoms with E-state index >= 15 is 0 Å². The largest absolute Gasteiger partial charge is 0.374 e. The first kappa shape index (κ1) is 12.0. The summed E-state index contributed by atoms with van der Waals surface area (Å²) in [6, 6.07) is 0. The Morgan fingerprint density at radius 3 is 2.64 bits per heavy atom. The van der Waals surface area contributed by atoms with Crippen molar-refractivity contribution < 1.29 is 4.74 Å². The average molecular weight is 200 g/mol. The van der Waals surface area contributed by atoms with Gasteiger partial charge < -0.3 is 15.0 Å². The lowest BCUT2D eigenvalue weighted by molar-refractivity contribution is -0.0301. The molecule has 3 nitrogen and oxygen atoms in total. The van der Waals surface area contributed by atoms with Crippen LogP contribution in [0.15, 0.2) is 0 Å². The van der Waals surface area contributed by atoms with E-state index in [1.165, 1.54) is 25.9 Å². The average Bonchev–Trinajstić information content (AvgIpc) is 2.18. The van der Waals surface area contributed by atoms with Crippen LogP contribution in [0.5, 0.6) is 0 Å². The molecule has 84 valence electrons. The van der Waals surface area contributed by atoms with Crippen molar-refractivity contribution >= 4 is 0 Å². The number of nitrogens with one attached hydrogen (secondary N) is 1. The first-order chi connectivity index (χ1) is 6.72. The van der Waals surface area contributed by atoms with Gasteiger partial charge in [-0.15, -0.1) is 0 Å². The molecule has 1 heterocycles. The van der Waals surface area contributed by atoms with Crippen LogP contribution in [0, 0.1) is 0 Å². The van der Waals surface area contributed by atoms with Crippen molar-refractivity contribution in [2.45, 2.75) is 38.9 Å². The lowest BCUT2D eigenvalue weighted by atomic mass is 10.1. The van der Waals surface area contributed by atoms with E-state index in [2.05, 4.69) is 31.1 Å². The number of likely N-dealkylation sites (tertiary alicyclic amines) is 1. The van der Waals surface area contributed by atoms with Gasteiger partial charge in [0.2, 0.25) is 0 Å². The number of hydrogen-bond donors (Lipinski definition) is 1. The molecule has 1 aliphatic rings. The molecule has 1 unspecified atom stereocenters. The molecular weight excluding hydrogens is 176 g/mol. The van der Waals surface area contributed by atoms with Gasteiger partial charge in [0.25, 0.3) is 0 Å². The summed E-state index contributed by atoms with van der Waals surface area (Å²) < 4.78 is 5.95. The molecular formula is C11H24N2O. The summed E-state index contributed by atoms with van der Waals surface area (Å²) in [5.74, 6) is 0. The topological polar surface area (TPSA) is 24.5 Å². The Hall–Kier alpha value is -0.120. The minimum absolute atomic E-state index is 0.350. The normalized spacial score (nSPS) is 22.5. The first-order valence-corrected chi connectivity index (χ1v) is 5.77. The molecule has 0 aliphatic carbocycles. The van der Waals surface area contributed by atoms with Gasteiger partial charge in [0.15, 0.2) is 0 Å². The van der Waals surface area contributed by atoms with Crippen LogP contribution in [0.3, 0.4) is 0 Å². The number of hydrogen-bond acceptors (Lipinski definition) is 3. The third-order valence-electron chi connectivity index (χ3n) is 2.77. The molecule has 0 bridgehead atoms. The fraction of sp³-hybridized carbons (Fsp3) is 1.00. The van der Waals surface area contributed by atoms with Gasteiger partial charge in [-0.25, -0.2) is 0 Å². The molecule has 1 aliphatic heterocycles. The predicted molar refractivity (Wildman–Crippen MR) is 59.6 cm³/mol. The van der Waals surface area contributed by atoms with E-state index in [4.69, 9.17) is 4.74 Å². The minimum atomic E-state index is 0.350. The molecule has 1 saturated heterocycles. The summed E-state index contributed by atoms with van der Waals surface area (Å²) in [7, 11) is 2.18. The maximum Gasteiger partial charge on any atom is 0.0675 e.